The van der Waals surface area contributed by atoms with E-state index in [0.29, 0.717) is 23.2 Å². The lowest BCUT2D eigenvalue weighted by molar-refractivity contribution is -0.132. The molecular weight excluding hydrogens is 452 g/mol. The standard InChI is InChI=1S/C25H28N4O4S/c1-17(2)29(16-19-6-5-7-21(14-19)25(26)28-31)24(30)15-18-10-12-20(13-11-18)22-8-3-4-9-23(22)34(27,32)33/h3-14,17,31H,15-16H2,1-2H3,(H2,26,28)(H2,27,32,33). The first-order chi connectivity index (χ1) is 16.1. The van der Waals surface area contributed by atoms with Crippen LogP contribution in [0.1, 0.15) is 30.5 Å². The highest BCUT2D eigenvalue weighted by Gasteiger charge is 2.19. The molecule has 0 bridgehead atoms. The van der Waals surface area contributed by atoms with Crippen LogP contribution in [0.2, 0.25) is 0 Å². The third-order valence-corrected chi connectivity index (χ3v) is 6.41. The van der Waals surface area contributed by atoms with E-state index in [9.17, 15) is 13.2 Å². The van der Waals surface area contributed by atoms with Crippen LogP contribution in [0.5, 0.6) is 0 Å². The summed E-state index contributed by atoms with van der Waals surface area (Å²) in [6.45, 7) is 4.26. The molecule has 3 aromatic rings. The molecule has 0 saturated heterocycles. The van der Waals surface area contributed by atoms with E-state index in [1.54, 1.807) is 53.4 Å². The van der Waals surface area contributed by atoms with Crippen molar-refractivity contribution in [2.24, 2.45) is 16.0 Å². The van der Waals surface area contributed by atoms with Crippen LogP contribution in [0, 0.1) is 0 Å². The Kier molecular flexibility index (Phi) is 7.70. The van der Waals surface area contributed by atoms with Gasteiger partial charge >= 0.3 is 0 Å². The van der Waals surface area contributed by atoms with Crippen molar-refractivity contribution in [1.82, 2.24) is 4.90 Å². The summed E-state index contributed by atoms with van der Waals surface area (Å²) in [7, 11) is -3.86. The quantitative estimate of drug-likeness (QED) is 0.197. The largest absolute Gasteiger partial charge is 0.409 e. The summed E-state index contributed by atoms with van der Waals surface area (Å²) in [5, 5.41) is 17.3. The normalized spacial score (nSPS) is 12.1. The molecule has 3 aromatic carbocycles. The Morgan fingerprint density at radius 1 is 1.00 bits per heavy atom. The molecule has 34 heavy (non-hydrogen) atoms. The molecule has 1 amide bonds. The molecule has 3 rings (SSSR count). The van der Waals surface area contributed by atoms with Crippen molar-refractivity contribution in [3.8, 4) is 11.1 Å². The smallest absolute Gasteiger partial charge is 0.238 e. The number of nitrogens with two attached hydrogens (primary N) is 2. The number of sulfonamides is 1. The highest BCUT2D eigenvalue weighted by molar-refractivity contribution is 7.89. The van der Waals surface area contributed by atoms with Crippen LogP contribution in [0.25, 0.3) is 11.1 Å². The molecule has 0 fully saturated rings. The number of oxime groups is 1. The highest BCUT2D eigenvalue weighted by Crippen LogP contribution is 2.27. The van der Waals surface area contributed by atoms with Crippen molar-refractivity contribution in [3.05, 3.63) is 89.5 Å². The molecular formula is C25H28N4O4S. The van der Waals surface area contributed by atoms with Crippen molar-refractivity contribution >= 4 is 21.8 Å². The first-order valence-corrected chi connectivity index (χ1v) is 12.2. The van der Waals surface area contributed by atoms with Gasteiger partial charge in [-0.05, 0) is 42.7 Å². The van der Waals surface area contributed by atoms with Crippen molar-refractivity contribution in [3.63, 3.8) is 0 Å². The molecule has 8 nitrogen and oxygen atoms in total. The zero-order chi connectivity index (χ0) is 24.9. The number of benzene rings is 3. The number of carbonyl (C=O) groups excluding carboxylic acids is 1. The molecule has 0 aromatic heterocycles. The van der Waals surface area contributed by atoms with Gasteiger partial charge in [-0.15, -0.1) is 0 Å². The summed E-state index contributed by atoms with van der Waals surface area (Å²) in [4.78, 5) is 14.9. The predicted molar refractivity (Wildman–Crippen MR) is 132 cm³/mol. The third-order valence-electron chi connectivity index (χ3n) is 5.44. The van der Waals surface area contributed by atoms with Crippen LogP contribution in [-0.4, -0.2) is 36.3 Å². The summed E-state index contributed by atoms with van der Waals surface area (Å²) in [5.74, 6) is -0.0461. The van der Waals surface area contributed by atoms with E-state index in [1.807, 2.05) is 32.0 Å². The number of hydrogen-bond donors (Lipinski definition) is 3. The van der Waals surface area contributed by atoms with Gasteiger partial charge in [0.05, 0.1) is 11.3 Å². The molecule has 0 radical (unpaired) electrons. The second-order valence-electron chi connectivity index (χ2n) is 8.22. The summed E-state index contributed by atoms with van der Waals surface area (Å²) < 4.78 is 23.8. The van der Waals surface area contributed by atoms with E-state index in [2.05, 4.69) is 5.16 Å². The second-order valence-corrected chi connectivity index (χ2v) is 9.75. The summed E-state index contributed by atoms with van der Waals surface area (Å²) in [5.41, 5.74) is 9.13. The van der Waals surface area contributed by atoms with Gasteiger partial charge in [-0.3, -0.25) is 4.79 Å². The molecule has 9 heteroatoms. The van der Waals surface area contributed by atoms with Gasteiger partial charge in [0.1, 0.15) is 0 Å². The predicted octanol–water partition coefficient (Wildman–Crippen LogP) is 3.08. The van der Waals surface area contributed by atoms with Crippen molar-refractivity contribution in [2.45, 2.75) is 37.8 Å². The second kappa shape index (κ2) is 10.5. The lowest BCUT2D eigenvalue weighted by Gasteiger charge is -2.27. The Labute approximate surface area is 199 Å². The minimum Gasteiger partial charge on any atom is -0.409 e. The molecule has 178 valence electrons. The molecule has 0 atom stereocenters. The lowest BCUT2D eigenvalue weighted by Crippen LogP contribution is -2.37. The van der Waals surface area contributed by atoms with Crippen LogP contribution < -0.4 is 10.9 Å². The van der Waals surface area contributed by atoms with E-state index in [4.69, 9.17) is 16.1 Å². The first kappa shape index (κ1) is 24.9. The molecule has 0 aliphatic carbocycles. The van der Waals surface area contributed by atoms with E-state index in [1.165, 1.54) is 6.07 Å². The number of amidine groups is 1. The minimum atomic E-state index is -3.86. The maximum absolute atomic E-state index is 13.1. The van der Waals surface area contributed by atoms with Gasteiger partial charge in [-0.2, -0.15) is 0 Å². The van der Waals surface area contributed by atoms with Gasteiger partial charge in [-0.25, -0.2) is 13.6 Å². The van der Waals surface area contributed by atoms with Gasteiger partial charge in [0.15, 0.2) is 5.84 Å². The fourth-order valence-electron chi connectivity index (χ4n) is 3.67. The number of hydrogen-bond acceptors (Lipinski definition) is 5. The maximum Gasteiger partial charge on any atom is 0.238 e. The summed E-state index contributed by atoms with van der Waals surface area (Å²) >= 11 is 0. The minimum absolute atomic E-state index is 0.00775. The third kappa shape index (κ3) is 6.00. The van der Waals surface area contributed by atoms with Crippen molar-refractivity contribution in [1.29, 1.82) is 0 Å². The maximum atomic E-state index is 13.1. The van der Waals surface area contributed by atoms with E-state index < -0.39 is 10.0 Å². The molecule has 0 heterocycles. The Hall–Kier alpha value is -3.69. The zero-order valence-electron chi connectivity index (χ0n) is 19.0. The Balaban J connectivity index is 1.78. The molecule has 0 aliphatic heterocycles. The monoisotopic (exact) mass is 480 g/mol. The molecule has 5 N–H and O–H groups in total. The van der Waals surface area contributed by atoms with Crippen LogP contribution in [0.15, 0.2) is 82.8 Å². The van der Waals surface area contributed by atoms with E-state index in [0.717, 1.165) is 11.1 Å². The number of nitrogens with zero attached hydrogens (tertiary/aromatic N) is 2. The average Bonchev–Trinajstić information content (AvgIpc) is 2.82. The molecule has 0 unspecified atom stereocenters. The number of amides is 1. The molecule has 0 aliphatic rings. The topological polar surface area (TPSA) is 139 Å². The van der Waals surface area contributed by atoms with Crippen molar-refractivity contribution < 1.29 is 18.4 Å². The summed E-state index contributed by atoms with van der Waals surface area (Å²) in [6.07, 6.45) is 0.190. The highest BCUT2D eigenvalue weighted by atomic mass is 32.2. The van der Waals surface area contributed by atoms with Gasteiger partial charge in [0.2, 0.25) is 15.9 Å². The van der Waals surface area contributed by atoms with Crippen LogP contribution in [0.4, 0.5) is 0 Å². The summed E-state index contributed by atoms with van der Waals surface area (Å²) in [6, 6.07) is 20.9. The number of rotatable bonds is 8. The van der Waals surface area contributed by atoms with E-state index in [-0.39, 0.29) is 29.1 Å². The fourth-order valence-corrected chi connectivity index (χ4v) is 4.43. The number of primary sulfonamides is 1. The van der Waals surface area contributed by atoms with Crippen LogP contribution >= 0.6 is 0 Å². The zero-order valence-corrected chi connectivity index (χ0v) is 19.9. The van der Waals surface area contributed by atoms with Gasteiger partial charge in [0, 0.05) is 23.7 Å². The van der Waals surface area contributed by atoms with E-state index >= 15 is 0 Å². The Morgan fingerprint density at radius 3 is 2.29 bits per heavy atom. The SMILES string of the molecule is CC(C)N(Cc1cccc(C(N)=NO)c1)C(=O)Cc1ccc(-c2ccccc2S(N)(=O)=O)cc1. The Bertz CT molecular complexity index is 1300. The van der Waals surface area contributed by atoms with Gasteiger partial charge in [0.25, 0.3) is 0 Å². The van der Waals surface area contributed by atoms with Crippen molar-refractivity contribution in [2.75, 3.05) is 0 Å². The van der Waals surface area contributed by atoms with Gasteiger partial charge < -0.3 is 15.8 Å². The van der Waals surface area contributed by atoms with Gasteiger partial charge in [-0.1, -0.05) is 65.8 Å². The lowest BCUT2D eigenvalue weighted by atomic mass is 10.0. The molecule has 0 spiro atoms. The Morgan fingerprint density at radius 2 is 1.68 bits per heavy atom. The number of carbonyl (C=O) groups is 1. The average molecular weight is 481 g/mol. The van der Waals surface area contributed by atoms with Crippen LogP contribution in [0.3, 0.4) is 0 Å². The first-order valence-electron chi connectivity index (χ1n) is 10.7. The van der Waals surface area contributed by atoms with Crippen LogP contribution in [-0.2, 0) is 27.8 Å². The molecule has 0 saturated carbocycles. The fraction of sp³-hybridized carbons (Fsp3) is 0.200.